The highest BCUT2D eigenvalue weighted by atomic mass is 31.2. The van der Waals surface area contributed by atoms with Crippen LogP contribution in [0.25, 0.3) is 0 Å². The van der Waals surface area contributed by atoms with Crippen LogP contribution < -0.4 is 14.9 Å². The summed E-state index contributed by atoms with van der Waals surface area (Å²) in [6.45, 7) is 0. The van der Waals surface area contributed by atoms with E-state index in [1.54, 1.807) is 37.4 Å². The van der Waals surface area contributed by atoms with Gasteiger partial charge in [-0.3, -0.25) is 4.57 Å². The van der Waals surface area contributed by atoms with Crippen molar-refractivity contribution in [2.75, 3.05) is 26.1 Å². The Hall–Kier alpha value is -1.81. The molecule has 1 aliphatic rings. The number of aliphatic hydroxyl groups excluding tert-OH is 1. The molecular formula is C22H30NO4P. The fraction of sp³-hybridized carbons (Fsp3) is 0.455. The lowest BCUT2D eigenvalue weighted by molar-refractivity contribution is 0.136. The van der Waals surface area contributed by atoms with Crippen molar-refractivity contribution in [3.8, 4) is 5.75 Å². The van der Waals surface area contributed by atoms with E-state index in [-0.39, 0.29) is 6.10 Å². The van der Waals surface area contributed by atoms with E-state index in [1.165, 1.54) is 6.42 Å². The second-order valence-electron chi connectivity index (χ2n) is 7.49. The predicted octanol–water partition coefficient (Wildman–Crippen LogP) is 4.71. The van der Waals surface area contributed by atoms with Gasteiger partial charge in [0, 0.05) is 30.7 Å². The number of nitrogens with zero attached hydrogens (tertiary/aromatic N) is 1. The van der Waals surface area contributed by atoms with Gasteiger partial charge in [-0.25, -0.2) is 0 Å². The van der Waals surface area contributed by atoms with Crippen molar-refractivity contribution in [1.82, 2.24) is 0 Å². The van der Waals surface area contributed by atoms with E-state index >= 15 is 0 Å². The maximum atomic E-state index is 14.2. The Kier molecular flexibility index (Phi) is 6.82. The molecule has 1 aliphatic carbocycles. The van der Waals surface area contributed by atoms with Crippen LogP contribution >= 0.6 is 7.37 Å². The van der Waals surface area contributed by atoms with Gasteiger partial charge in [-0.15, -0.1) is 0 Å². The van der Waals surface area contributed by atoms with E-state index in [1.807, 2.05) is 37.2 Å². The molecule has 0 bridgehead atoms. The van der Waals surface area contributed by atoms with Crippen molar-refractivity contribution < 1.29 is 18.9 Å². The Labute approximate surface area is 167 Å². The van der Waals surface area contributed by atoms with E-state index in [0.29, 0.717) is 16.6 Å². The summed E-state index contributed by atoms with van der Waals surface area (Å²) in [6.07, 6.45) is 4.95. The first-order chi connectivity index (χ1) is 13.5. The van der Waals surface area contributed by atoms with Crippen LogP contribution in [0.4, 0.5) is 5.69 Å². The van der Waals surface area contributed by atoms with Gasteiger partial charge in [-0.2, -0.15) is 0 Å². The fourth-order valence-electron chi connectivity index (χ4n) is 3.67. The molecule has 0 amide bonds. The molecule has 0 aliphatic heterocycles. The Morgan fingerprint density at radius 3 is 2.29 bits per heavy atom. The third kappa shape index (κ3) is 4.43. The summed E-state index contributed by atoms with van der Waals surface area (Å²) in [7, 11) is 1.87. The second-order valence-corrected chi connectivity index (χ2v) is 9.90. The van der Waals surface area contributed by atoms with Crippen molar-refractivity contribution in [3.63, 3.8) is 0 Å². The number of hydrogen-bond acceptors (Lipinski definition) is 5. The lowest BCUT2D eigenvalue weighted by atomic mass is 9.98. The molecule has 0 heterocycles. The van der Waals surface area contributed by atoms with Crippen LogP contribution in [0.15, 0.2) is 48.5 Å². The molecule has 2 aromatic carbocycles. The monoisotopic (exact) mass is 403 g/mol. The minimum Gasteiger partial charge on any atom is -0.496 e. The standard InChI is InChI=1S/C22H30NO4P/c1-23(2)17-13-15-19(16-14-17)28(25,27-18-9-5-4-6-10-18)22(24)20-11-7-8-12-21(20)26-3/h7-8,11-16,18,22,24H,4-6,9-10H2,1-3H3/t22-,28-/m0/s1. The summed E-state index contributed by atoms with van der Waals surface area (Å²) in [5, 5.41) is 11.8. The summed E-state index contributed by atoms with van der Waals surface area (Å²) in [6, 6.07) is 14.6. The summed E-state index contributed by atoms with van der Waals surface area (Å²) >= 11 is 0. The zero-order valence-electron chi connectivity index (χ0n) is 16.9. The Morgan fingerprint density at radius 2 is 1.68 bits per heavy atom. The third-order valence-corrected chi connectivity index (χ3v) is 7.87. The molecule has 28 heavy (non-hydrogen) atoms. The molecule has 0 saturated heterocycles. The van der Waals surface area contributed by atoms with Gasteiger partial charge in [0.2, 0.25) is 0 Å². The number of benzene rings is 2. The number of hydrogen-bond donors (Lipinski definition) is 1. The van der Waals surface area contributed by atoms with Gasteiger partial charge in [0.15, 0.2) is 5.85 Å². The quantitative estimate of drug-likeness (QED) is 0.679. The Morgan fingerprint density at radius 1 is 1.04 bits per heavy atom. The maximum Gasteiger partial charge on any atom is 0.264 e. The van der Waals surface area contributed by atoms with Crippen molar-refractivity contribution in [2.24, 2.45) is 0 Å². The van der Waals surface area contributed by atoms with Gasteiger partial charge in [-0.1, -0.05) is 37.5 Å². The maximum absolute atomic E-state index is 14.2. The molecule has 1 N–H and O–H groups in total. The highest BCUT2D eigenvalue weighted by molar-refractivity contribution is 7.67. The van der Waals surface area contributed by atoms with E-state index < -0.39 is 13.2 Å². The van der Waals surface area contributed by atoms with Crippen LogP contribution in [-0.2, 0) is 9.09 Å². The SMILES string of the molecule is COc1ccccc1[C@@H](O)[P@@](=O)(OC1CCCCC1)c1ccc(N(C)C)cc1. The number of methoxy groups -OCH3 is 1. The van der Waals surface area contributed by atoms with Gasteiger partial charge in [0.1, 0.15) is 5.75 Å². The molecule has 2 aromatic rings. The Balaban J connectivity index is 2.01. The molecule has 0 radical (unpaired) electrons. The van der Waals surface area contributed by atoms with Gasteiger partial charge in [0.25, 0.3) is 7.37 Å². The highest BCUT2D eigenvalue weighted by Gasteiger charge is 2.40. The average Bonchev–Trinajstić information content (AvgIpc) is 2.73. The van der Waals surface area contributed by atoms with Crippen LogP contribution in [0.2, 0.25) is 0 Å². The molecule has 0 aromatic heterocycles. The first-order valence-electron chi connectivity index (χ1n) is 9.83. The first-order valence-corrected chi connectivity index (χ1v) is 11.5. The van der Waals surface area contributed by atoms with Crippen LogP contribution in [0.5, 0.6) is 5.75 Å². The van der Waals surface area contributed by atoms with Crippen molar-refractivity contribution in [2.45, 2.75) is 44.1 Å². The second kappa shape index (κ2) is 9.13. The van der Waals surface area contributed by atoms with Crippen molar-refractivity contribution in [1.29, 1.82) is 0 Å². The minimum atomic E-state index is -3.59. The van der Waals surface area contributed by atoms with Crippen molar-refractivity contribution in [3.05, 3.63) is 54.1 Å². The molecule has 0 unspecified atom stereocenters. The van der Waals surface area contributed by atoms with E-state index in [0.717, 1.165) is 31.4 Å². The summed E-state index contributed by atoms with van der Waals surface area (Å²) in [4.78, 5) is 1.98. The van der Waals surface area contributed by atoms with Crippen LogP contribution in [-0.4, -0.2) is 32.4 Å². The topological polar surface area (TPSA) is 59.0 Å². The van der Waals surface area contributed by atoms with E-state index in [4.69, 9.17) is 9.26 Å². The predicted molar refractivity (Wildman–Crippen MR) is 114 cm³/mol. The molecule has 2 atom stereocenters. The summed E-state index contributed by atoms with van der Waals surface area (Å²) in [5.41, 5.74) is 1.49. The zero-order chi connectivity index (χ0) is 20.1. The lowest BCUT2D eigenvalue weighted by Gasteiger charge is -2.31. The summed E-state index contributed by atoms with van der Waals surface area (Å²) in [5.74, 6) is -0.775. The summed E-state index contributed by atoms with van der Waals surface area (Å²) < 4.78 is 25.8. The van der Waals surface area contributed by atoms with Crippen LogP contribution in [0, 0.1) is 0 Å². The zero-order valence-corrected chi connectivity index (χ0v) is 17.8. The van der Waals surface area contributed by atoms with Gasteiger partial charge < -0.3 is 19.3 Å². The number of para-hydroxylation sites is 1. The van der Waals surface area contributed by atoms with Crippen molar-refractivity contribution >= 4 is 18.4 Å². The normalized spacial score (nSPS) is 18.3. The molecule has 5 nitrogen and oxygen atoms in total. The molecule has 6 heteroatoms. The lowest BCUT2D eigenvalue weighted by Crippen LogP contribution is -2.22. The molecular weight excluding hydrogens is 373 g/mol. The van der Waals surface area contributed by atoms with Gasteiger partial charge in [0.05, 0.1) is 13.2 Å². The average molecular weight is 403 g/mol. The number of anilines is 1. The molecule has 1 saturated carbocycles. The number of aliphatic hydroxyl groups is 1. The minimum absolute atomic E-state index is 0.0996. The Bertz CT molecular complexity index is 816. The van der Waals surface area contributed by atoms with E-state index in [9.17, 15) is 9.67 Å². The number of rotatable bonds is 7. The molecule has 152 valence electrons. The highest BCUT2D eigenvalue weighted by Crippen LogP contribution is 2.60. The molecule has 3 rings (SSSR count). The van der Waals surface area contributed by atoms with E-state index in [2.05, 4.69) is 0 Å². The van der Waals surface area contributed by atoms with Gasteiger partial charge in [-0.05, 0) is 43.2 Å². The third-order valence-electron chi connectivity index (χ3n) is 5.32. The fourth-order valence-corrected chi connectivity index (χ4v) is 5.99. The molecule has 1 fully saturated rings. The smallest absolute Gasteiger partial charge is 0.264 e. The van der Waals surface area contributed by atoms with Crippen LogP contribution in [0.1, 0.15) is 43.5 Å². The largest absolute Gasteiger partial charge is 0.496 e. The van der Waals surface area contributed by atoms with Gasteiger partial charge >= 0.3 is 0 Å². The van der Waals surface area contributed by atoms with Crippen LogP contribution in [0.3, 0.4) is 0 Å². The molecule has 0 spiro atoms. The first kappa shape index (κ1) is 20.9. The number of ether oxygens (including phenoxy) is 1.